The molecule has 0 aliphatic carbocycles. The summed E-state index contributed by atoms with van der Waals surface area (Å²) >= 11 is 0. The maximum Gasteiger partial charge on any atom is 0.289 e. The zero-order valence-electron chi connectivity index (χ0n) is 11.8. The molecule has 21 heavy (non-hydrogen) atoms. The highest BCUT2D eigenvalue weighted by Gasteiger charge is 2.35. The zero-order chi connectivity index (χ0) is 14.8. The van der Waals surface area contributed by atoms with E-state index >= 15 is 0 Å². The maximum atomic E-state index is 11.0. The van der Waals surface area contributed by atoms with Gasteiger partial charge < -0.3 is 5.32 Å². The van der Waals surface area contributed by atoms with Crippen molar-refractivity contribution in [2.24, 2.45) is 0 Å². The molecule has 6 heteroatoms. The van der Waals surface area contributed by atoms with E-state index in [0.717, 1.165) is 25.2 Å². The van der Waals surface area contributed by atoms with Crippen molar-refractivity contribution in [2.75, 3.05) is 18.4 Å². The number of hydrogen-bond acceptors (Lipinski definition) is 5. The molecule has 1 aromatic rings. The van der Waals surface area contributed by atoms with Crippen LogP contribution in [-0.2, 0) is 0 Å². The van der Waals surface area contributed by atoms with Gasteiger partial charge in [0, 0.05) is 30.4 Å². The van der Waals surface area contributed by atoms with Crippen LogP contribution in [0.5, 0.6) is 0 Å². The molecule has 1 aromatic carbocycles. The zero-order valence-corrected chi connectivity index (χ0v) is 11.8. The first-order chi connectivity index (χ1) is 10.2. The molecule has 0 saturated carbocycles. The van der Waals surface area contributed by atoms with Gasteiger partial charge in [-0.05, 0) is 37.9 Å². The summed E-state index contributed by atoms with van der Waals surface area (Å²) in [5, 5.41) is 23.4. The van der Waals surface area contributed by atoms with Crippen molar-refractivity contribution >= 4 is 11.4 Å². The third-order valence-electron chi connectivity index (χ3n) is 4.52. The highest BCUT2D eigenvalue weighted by molar-refractivity contribution is 5.59. The fourth-order valence-corrected chi connectivity index (χ4v) is 3.50. The van der Waals surface area contributed by atoms with Crippen LogP contribution in [0, 0.1) is 21.4 Å². The van der Waals surface area contributed by atoms with Crippen molar-refractivity contribution in [3.63, 3.8) is 0 Å². The van der Waals surface area contributed by atoms with Gasteiger partial charge in [0.1, 0.15) is 11.6 Å². The number of nitro groups is 1. The van der Waals surface area contributed by atoms with Gasteiger partial charge in [0.05, 0.1) is 4.92 Å². The molecule has 2 aliphatic heterocycles. The normalized spacial score (nSPS) is 25.1. The van der Waals surface area contributed by atoms with Crippen LogP contribution < -0.4 is 5.32 Å². The minimum atomic E-state index is -0.495. The van der Waals surface area contributed by atoms with Crippen molar-refractivity contribution < 1.29 is 4.92 Å². The highest BCUT2D eigenvalue weighted by atomic mass is 16.6. The van der Waals surface area contributed by atoms with Crippen molar-refractivity contribution in [2.45, 2.75) is 37.8 Å². The van der Waals surface area contributed by atoms with Crippen LogP contribution in [0.1, 0.15) is 31.2 Å². The van der Waals surface area contributed by atoms with Crippen molar-refractivity contribution in [3.8, 4) is 6.07 Å². The van der Waals surface area contributed by atoms with Gasteiger partial charge in [0.15, 0.2) is 0 Å². The molecule has 110 valence electrons. The van der Waals surface area contributed by atoms with Crippen LogP contribution in [0.3, 0.4) is 0 Å². The summed E-state index contributed by atoms with van der Waals surface area (Å²) in [6, 6.07) is 7.51. The van der Waals surface area contributed by atoms with Gasteiger partial charge >= 0.3 is 0 Å². The number of piperidine rings is 1. The second-order valence-electron chi connectivity index (χ2n) is 5.74. The summed E-state index contributed by atoms with van der Waals surface area (Å²) in [6.07, 6.45) is 4.78. The van der Waals surface area contributed by atoms with Gasteiger partial charge in [-0.15, -0.1) is 0 Å². The molecule has 2 aliphatic rings. The fraction of sp³-hybridized carbons (Fsp3) is 0.533. The van der Waals surface area contributed by atoms with E-state index in [-0.39, 0.29) is 11.3 Å². The summed E-state index contributed by atoms with van der Waals surface area (Å²) in [7, 11) is 0. The molecule has 3 rings (SSSR count). The molecule has 2 unspecified atom stereocenters. The number of nitrogens with one attached hydrogen (secondary N) is 1. The largest absolute Gasteiger partial charge is 0.380 e. The van der Waals surface area contributed by atoms with Crippen LogP contribution in [0.2, 0.25) is 0 Å². The Morgan fingerprint density at radius 1 is 1.33 bits per heavy atom. The topological polar surface area (TPSA) is 82.2 Å². The van der Waals surface area contributed by atoms with Gasteiger partial charge in [-0.1, -0.05) is 6.42 Å². The number of hydrogen-bond donors (Lipinski definition) is 1. The van der Waals surface area contributed by atoms with Crippen LogP contribution in [-0.4, -0.2) is 35.0 Å². The Morgan fingerprint density at radius 3 is 2.95 bits per heavy atom. The second-order valence-corrected chi connectivity index (χ2v) is 5.74. The summed E-state index contributed by atoms with van der Waals surface area (Å²) in [6.45, 7) is 2.26. The first-order valence-corrected chi connectivity index (χ1v) is 7.38. The van der Waals surface area contributed by atoms with Crippen LogP contribution in [0.25, 0.3) is 0 Å². The SMILES string of the molecule is N#Cc1ccc(NC2CCN3CCCCC23)cc1[N+](=O)[O-]. The van der Waals surface area contributed by atoms with Gasteiger partial charge in [-0.25, -0.2) is 0 Å². The predicted octanol–water partition coefficient (Wildman–Crippen LogP) is 2.51. The lowest BCUT2D eigenvalue weighted by Crippen LogP contribution is -2.41. The molecule has 2 saturated heterocycles. The molecule has 1 N–H and O–H groups in total. The molecule has 0 bridgehead atoms. The Hall–Kier alpha value is -2.13. The summed E-state index contributed by atoms with van der Waals surface area (Å²) in [5.74, 6) is 0. The van der Waals surface area contributed by atoms with E-state index < -0.39 is 4.92 Å². The molecule has 6 nitrogen and oxygen atoms in total. The van der Waals surface area contributed by atoms with Crippen LogP contribution in [0.4, 0.5) is 11.4 Å². The molecule has 0 amide bonds. The number of benzene rings is 1. The van der Waals surface area contributed by atoms with E-state index in [4.69, 9.17) is 5.26 Å². The lowest BCUT2D eigenvalue weighted by Gasteiger charge is -2.32. The molecule has 0 aromatic heterocycles. The quantitative estimate of drug-likeness (QED) is 0.682. The van der Waals surface area contributed by atoms with E-state index in [1.807, 2.05) is 6.07 Å². The molecular weight excluding hydrogens is 268 g/mol. The number of rotatable bonds is 3. The monoisotopic (exact) mass is 286 g/mol. The number of nitro benzene ring substituents is 1. The van der Waals surface area contributed by atoms with Gasteiger partial charge in [-0.2, -0.15) is 5.26 Å². The Labute approximate surface area is 123 Å². The highest BCUT2D eigenvalue weighted by Crippen LogP contribution is 2.30. The minimum Gasteiger partial charge on any atom is -0.380 e. The van der Waals surface area contributed by atoms with E-state index in [0.29, 0.717) is 12.1 Å². The van der Waals surface area contributed by atoms with Gasteiger partial charge in [0.25, 0.3) is 5.69 Å². The van der Waals surface area contributed by atoms with Gasteiger partial charge in [-0.3, -0.25) is 15.0 Å². The number of anilines is 1. The van der Waals surface area contributed by atoms with Crippen molar-refractivity contribution in [1.29, 1.82) is 5.26 Å². The standard InChI is InChI=1S/C15H18N4O2/c16-10-11-4-5-12(9-15(11)19(20)21)17-13-6-8-18-7-2-1-3-14(13)18/h4-5,9,13-14,17H,1-3,6-8H2. The first kappa shape index (κ1) is 13.8. The van der Waals surface area contributed by atoms with Crippen molar-refractivity contribution in [1.82, 2.24) is 4.90 Å². The van der Waals surface area contributed by atoms with Crippen LogP contribution >= 0.6 is 0 Å². The molecule has 2 heterocycles. The summed E-state index contributed by atoms with van der Waals surface area (Å²) in [4.78, 5) is 13.0. The number of nitrogens with zero attached hydrogens (tertiary/aromatic N) is 3. The second kappa shape index (κ2) is 5.70. The Balaban J connectivity index is 1.78. The Bertz CT molecular complexity index is 596. The molecular formula is C15H18N4O2. The minimum absolute atomic E-state index is 0.108. The smallest absolute Gasteiger partial charge is 0.289 e. The predicted molar refractivity (Wildman–Crippen MR) is 79.1 cm³/mol. The number of nitriles is 1. The molecule has 2 fully saturated rings. The molecule has 2 atom stereocenters. The van der Waals surface area contributed by atoms with E-state index in [1.54, 1.807) is 6.07 Å². The van der Waals surface area contributed by atoms with Crippen molar-refractivity contribution in [3.05, 3.63) is 33.9 Å². The maximum absolute atomic E-state index is 11.0. The third-order valence-corrected chi connectivity index (χ3v) is 4.52. The van der Waals surface area contributed by atoms with E-state index in [2.05, 4.69) is 10.2 Å². The Morgan fingerprint density at radius 2 is 2.19 bits per heavy atom. The summed E-state index contributed by atoms with van der Waals surface area (Å²) in [5.41, 5.74) is 0.718. The van der Waals surface area contributed by atoms with E-state index in [9.17, 15) is 10.1 Å². The average molecular weight is 286 g/mol. The van der Waals surface area contributed by atoms with E-state index in [1.165, 1.54) is 31.4 Å². The molecule has 0 radical (unpaired) electrons. The number of fused-ring (bicyclic) bond motifs is 1. The van der Waals surface area contributed by atoms with Gasteiger partial charge in [0.2, 0.25) is 0 Å². The molecule has 0 spiro atoms. The Kier molecular flexibility index (Phi) is 3.76. The first-order valence-electron chi connectivity index (χ1n) is 7.38. The third kappa shape index (κ3) is 2.69. The fourth-order valence-electron chi connectivity index (χ4n) is 3.50. The van der Waals surface area contributed by atoms with Crippen LogP contribution in [0.15, 0.2) is 18.2 Å². The lowest BCUT2D eigenvalue weighted by molar-refractivity contribution is -0.385. The summed E-state index contributed by atoms with van der Waals surface area (Å²) < 4.78 is 0. The lowest BCUT2D eigenvalue weighted by atomic mass is 9.99. The average Bonchev–Trinajstić information content (AvgIpc) is 2.90.